The lowest BCUT2D eigenvalue weighted by Gasteiger charge is -2.06. The largest absolute Gasteiger partial charge is 0.387 e. The van der Waals surface area contributed by atoms with Crippen LogP contribution in [0.4, 0.5) is 5.69 Å². The molecule has 1 aromatic heterocycles. The summed E-state index contributed by atoms with van der Waals surface area (Å²) in [5.41, 5.74) is 1.63. The normalized spacial score (nSPS) is 21.3. The highest BCUT2D eigenvalue weighted by Crippen LogP contribution is 2.44. The quantitative estimate of drug-likeness (QED) is 0.812. The first-order valence-corrected chi connectivity index (χ1v) is 5.47. The van der Waals surface area contributed by atoms with Crippen molar-refractivity contribution in [3.63, 3.8) is 0 Å². The van der Waals surface area contributed by atoms with E-state index in [1.807, 2.05) is 13.1 Å². The molecular weight excluding hydrogens is 202 g/mol. The number of hydrogen-bond donors (Lipinski definition) is 2. The zero-order chi connectivity index (χ0) is 11.8. The van der Waals surface area contributed by atoms with E-state index >= 15 is 0 Å². The average Bonchev–Trinajstić information content (AvgIpc) is 2.86. The summed E-state index contributed by atoms with van der Waals surface area (Å²) >= 11 is 0. The fourth-order valence-corrected chi connectivity index (χ4v) is 1.62. The van der Waals surface area contributed by atoms with Crippen molar-refractivity contribution in [3.8, 4) is 0 Å². The number of nitrogens with zero attached hydrogens (tertiary/aromatic N) is 1. The molecule has 1 aromatic rings. The maximum absolute atomic E-state index is 11.8. The van der Waals surface area contributed by atoms with Gasteiger partial charge >= 0.3 is 0 Å². The van der Waals surface area contributed by atoms with E-state index in [0.717, 1.165) is 12.1 Å². The molecule has 0 radical (unpaired) electrons. The van der Waals surface area contributed by atoms with Gasteiger partial charge in [0.2, 0.25) is 0 Å². The van der Waals surface area contributed by atoms with Gasteiger partial charge in [0.25, 0.3) is 5.91 Å². The van der Waals surface area contributed by atoms with Crippen molar-refractivity contribution < 1.29 is 4.79 Å². The highest BCUT2D eigenvalue weighted by molar-refractivity contribution is 5.92. The molecule has 4 heteroatoms. The summed E-state index contributed by atoms with van der Waals surface area (Å²) in [6, 6.07) is 3.88. The van der Waals surface area contributed by atoms with E-state index in [1.165, 1.54) is 0 Å². The molecule has 1 aliphatic rings. The fourth-order valence-electron chi connectivity index (χ4n) is 1.62. The Morgan fingerprint density at radius 3 is 2.62 bits per heavy atom. The van der Waals surface area contributed by atoms with Crippen molar-refractivity contribution in [2.45, 2.75) is 26.3 Å². The number of hydrogen-bond acceptors (Lipinski definition) is 3. The fraction of sp³-hybridized carbons (Fsp3) is 0.500. The van der Waals surface area contributed by atoms with E-state index in [9.17, 15) is 4.79 Å². The number of carbonyl (C=O) groups excluding carboxylic acids is 1. The minimum atomic E-state index is -0.0850. The molecule has 0 spiro atoms. The van der Waals surface area contributed by atoms with E-state index < -0.39 is 0 Å². The number of amides is 1. The zero-order valence-electron chi connectivity index (χ0n) is 9.87. The second kappa shape index (κ2) is 3.77. The molecule has 2 rings (SSSR count). The summed E-state index contributed by atoms with van der Waals surface area (Å²) in [5.74, 6) is -0.0850. The Balaban J connectivity index is 1.99. The number of pyridine rings is 1. The monoisotopic (exact) mass is 219 g/mol. The van der Waals surface area contributed by atoms with Crippen molar-refractivity contribution in [2.75, 3.05) is 12.4 Å². The van der Waals surface area contributed by atoms with Gasteiger partial charge in [-0.3, -0.25) is 4.79 Å². The molecule has 0 bridgehead atoms. The van der Waals surface area contributed by atoms with Gasteiger partial charge in [-0.25, -0.2) is 4.98 Å². The molecule has 4 nitrogen and oxygen atoms in total. The van der Waals surface area contributed by atoms with Crippen LogP contribution in [-0.2, 0) is 0 Å². The molecule has 2 N–H and O–H groups in total. The molecule has 86 valence electrons. The second-order valence-corrected chi connectivity index (χ2v) is 4.90. The van der Waals surface area contributed by atoms with Gasteiger partial charge in [0.05, 0.1) is 11.9 Å². The van der Waals surface area contributed by atoms with Crippen LogP contribution >= 0.6 is 0 Å². The first-order valence-electron chi connectivity index (χ1n) is 5.47. The van der Waals surface area contributed by atoms with Gasteiger partial charge in [-0.1, -0.05) is 13.8 Å². The number of anilines is 1. The van der Waals surface area contributed by atoms with Crippen LogP contribution in [-0.4, -0.2) is 24.0 Å². The molecule has 16 heavy (non-hydrogen) atoms. The van der Waals surface area contributed by atoms with Crippen molar-refractivity contribution in [1.29, 1.82) is 0 Å². The van der Waals surface area contributed by atoms with Crippen LogP contribution in [0.1, 0.15) is 30.8 Å². The Labute approximate surface area is 95.5 Å². The number of aromatic nitrogens is 1. The molecule has 0 saturated heterocycles. The van der Waals surface area contributed by atoms with Gasteiger partial charge in [0.1, 0.15) is 5.69 Å². The van der Waals surface area contributed by atoms with Gasteiger partial charge in [-0.15, -0.1) is 0 Å². The van der Waals surface area contributed by atoms with Crippen molar-refractivity contribution in [2.24, 2.45) is 5.41 Å². The Kier molecular flexibility index (Phi) is 2.58. The third-order valence-corrected chi connectivity index (χ3v) is 3.10. The smallest absolute Gasteiger partial charge is 0.270 e. The molecule has 1 saturated carbocycles. The van der Waals surface area contributed by atoms with Gasteiger partial charge in [0, 0.05) is 13.1 Å². The van der Waals surface area contributed by atoms with Gasteiger partial charge in [-0.05, 0) is 24.0 Å². The van der Waals surface area contributed by atoms with E-state index in [2.05, 4.69) is 29.5 Å². The first-order chi connectivity index (χ1) is 7.53. The Bertz CT molecular complexity index is 397. The maximum Gasteiger partial charge on any atom is 0.270 e. The summed E-state index contributed by atoms with van der Waals surface area (Å²) < 4.78 is 0. The Morgan fingerprint density at radius 2 is 2.19 bits per heavy atom. The third kappa shape index (κ3) is 2.15. The van der Waals surface area contributed by atoms with Crippen molar-refractivity contribution in [1.82, 2.24) is 10.3 Å². The first kappa shape index (κ1) is 10.9. The highest BCUT2D eigenvalue weighted by atomic mass is 16.2. The van der Waals surface area contributed by atoms with Crippen LogP contribution in [0.5, 0.6) is 0 Å². The summed E-state index contributed by atoms with van der Waals surface area (Å²) in [6.45, 7) is 4.30. The predicted molar refractivity (Wildman–Crippen MR) is 63.4 cm³/mol. The zero-order valence-corrected chi connectivity index (χ0v) is 9.87. The molecule has 0 aliphatic heterocycles. The topological polar surface area (TPSA) is 54.0 Å². The van der Waals surface area contributed by atoms with Crippen molar-refractivity contribution in [3.05, 3.63) is 24.0 Å². The second-order valence-electron chi connectivity index (χ2n) is 4.90. The molecule has 0 aromatic carbocycles. The van der Waals surface area contributed by atoms with Gasteiger partial charge in [0.15, 0.2) is 0 Å². The van der Waals surface area contributed by atoms with E-state index in [0.29, 0.717) is 11.7 Å². The molecule has 1 amide bonds. The average molecular weight is 219 g/mol. The lowest BCUT2D eigenvalue weighted by Crippen LogP contribution is -2.29. The van der Waals surface area contributed by atoms with Crippen LogP contribution in [0.2, 0.25) is 0 Å². The van der Waals surface area contributed by atoms with E-state index in [-0.39, 0.29) is 11.3 Å². The molecular formula is C12H17N3O. The lowest BCUT2D eigenvalue weighted by molar-refractivity contribution is 0.0941. The summed E-state index contributed by atoms with van der Waals surface area (Å²) in [7, 11) is 1.82. The van der Waals surface area contributed by atoms with Crippen LogP contribution in [0.3, 0.4) is 0 Å². The molecule has 1 unspecified atom stereocenters. The highest BCUT2D eigenvalue weighted by Gasteiger charge is 2.46. The standard InChI is InChI=1S/C12H17N3O/c1-12(2)6-10(12)15-11(16)9-5-4-8(13-3)7-14-9/h4-5,7,10,13H,6H2,1-3H3,(H,15,16). The predicted octanol–water partition coefficient (Wildman–Crippen LogP) is 1.65. The van der Waals surface area contributed by atoms with Crippen LogP contribution in [0.15, 0.2) is 18.3 Å². The number of carbonyl (C=O) groups is 1. The van der Waals surface area contributed by atoms with Gasteiger partial charge in [-0.2, -0.15) is 0 Å². The van der Waals surface area contributed by atoms with Gasteiger partial charge < -0.3 is 10.6 Å². The minimum absolute atomic E-state index is 0.0850. The Hall–Kier alpha value is -1.58. The lowest BCUT2D eigenvalue weighted by atomic mass is 10.2. The molecule has 1 fully saturated rings. The third-order valence-electron chi connectivity index (χ3n) is 3.10. The van der Waals surface area contributed by atoms with E-state index in [4.69, 9.17) is 0 Å². The molecule has 1 heterocycles. The van der Waals surface area contributed by atoms with Crippen LogP contribution in [0.25, 0.3) is 0 Å². The van der Waals surface area contributed by atoms with E-state index in [1.54, 1.807) is 12.3 Å². The summed E-state index contributed by atoms with van der Waals surface area (Å²) in [4.78, 5) is 15.9. The summed E-state index contributed by atoms with van der Waals surface area (Å²) in [5, 5.41) is 5.94. The van der Waals surface area contributed by atoms with Crippen LogP contribution < -0.4 is 10.6 Å². The number of nitrogens with one attached hydrogen (secondary N) is 2. The minimum Gasteiger partial charge on any atom is -0.387 e. The summed E-state index contributed by atoms with van der Waals surface area (Å²) in [6.07, 6.45) is 2.71. The Morgan fingerprint density at radius 1 is 1.50 bits per heavy atom. The number of rotatable bonds is 3. The van der Waals surface area contributed by atoms with Crippen LogP contribution in [0, 0.1) is 5.41 Å². The van der Waals surface area contributed by atoms with Crippen molar-refractivity contribution >= 4 is 11.6 Å². The molecule has 1 aliphatic carbocycles. The SMILES string of the molecule is CNc1ccc(C(=O)NC2CC2(C)C)nc1. The maximum atomic E-state index is 11.8. The molecule has 1 atom stereocenters.